The van der Waals surface area contributed by atoms with Crippen molar-refractivity contribution in [2.75, 3.05) is 7.11 Å². The second-order valence-electron chi connectivity index (χ2n) is 5.48. The molecule has 27 heavy (non-hydrogen) atoms. The van der Waals surface area contributed by atoms with E-state index in [2.05, 4.69) is 15.9 Å². The van der Waals surface area contributed by atoms with Gasteiger partial charge < -0.3 is 9.47 Å². The summed E-state index contributed by atoms with van der Waals surface area (Å²) in [4.78, 5) is 24.8. The van der Waals surface area contributed by atoms with Gasteiger partial charge in [-0.25, -0.2) is 4.79 Å². The summed E-state index contributed by atoms with van der Waals surface area (Å²) in [7, 11) is 1.58. The van der Waals surface area contributed by atoms with Gasteiger partial charge in [-0.15, -0.1) is 11.3 Å². The standard InChI is InChI=1S/C21H15BrO4S/c1-25-19-11-7-16(22)13-15(19)6-10-18(23)14-4-8-17(9-5-14)26-21(24)20-3-2-12-27-20/h2-13H,1H3/b10-6+. The van der Waals surface area contributed by atoms with Gasteiger partial charge in [-0.2, -0.15) is 0 Å². The number of allylic oxidation sites excluding steroid dienone is 1. The van der Waals surface area contributed by atoms with Crippen molar-refractivity contribution in [1.82, 2.24) is 0 Å². The predicted octanol–water partition coefficient (Wildman–Crippen LogP) is 5.63. The van der Waals surface area contributed by atoms with Gasteiger partial charge in [-0.3, -0.25) is 4.79 Å². The molecule has 0 saturated carbocycles. The van der Waals surface area contributed by atoms with Gasteiger partial charge in [0, 0.05) is 15.6 Å². The molecule has 0 aliphatic rings. The van der Waals surface area contributed by atoms with Crippen molar-refractivity contribution < 1.29 is 19.1 Å². The van der Waals surface area contributed by atoms with E-state index < -0.39 is 5.97 Å². The Bertz CT molecular complexity index is 976. The first-order chi connectivity index (χ1) is 13.1. The summed E-state index contributed by atoms with van der Waals surface area (Å²) in [5, 5.41) is 1.81. The molecule has 1 aromatic heterocycles. The molecule has 0 fully saturated rings. The molecule has 0 atom stereocenters. The average molecular weight is 443 g/mol. The van der Waals surface area contributed by atoms with E-state index in [0.29, 0.717) is 21.9 Å². The number of halogens is 1. The summed E-state index contributed by atoms with van der Waals surface area (Å²) in [6, 6.07) is 15.5. The highest BCUT2D eigenvalue weighted by Crippen LogP contribution is 2.24. The lowest BCUT2D eigenvalue weighted by atomic mass is 10.1. The minimum Gasteiger partial charge on any atom is -0.496 e. The molecule has 136 valence electrons. The highest BCUT2D eigenvalue weighted by atomic mass is 79.9. The molecule has 1 heterocycles. The number of hydrogen-bond donors (Lipinski definition) is 0. The SMILES string of the molecule is COc1ccc(Br)cc1/C=C/C(=O)c1ccc(OC(=O)c2cccs2)cc1. The summed E-state index contributed by atoms with van der Waals surface area (Å²) >= 11 is 4.72. The maximum absolute atomic E-state index is 12.4. The Morgan fingerprint density at radius 1 is 1.07 bits per heavy atom. The van der Waals surface area contributed by atoms with Crippen LogP contribution in [0.25, 0.3) is 6.08 Å². The Hall–Kier alpha value is -2.70. The summed E-state index contributed by atoms with van der Waals surface area (Å²) < 4.78 is 11.5. The predicted molar refractivity (Wildman–Crippen MR) is 110 cm³/mol. The molecule has 0 spiro atoms. The maximum atomic E-state index is 12.4. The first kappa shape index (κ1) is 19.1. The Balaban J connectivity index is 1.69. The van der Waals surface area contributed by atoms with Crippen LogP contribution < -0.4 is 9.47 Å². The number of ketones is 1. The number of benzene rings is 2. The van der Waals surface area contributed by atoms with Gasteiger partial charge in [0.1, 0.15) is 16.4 Å². The molecular formula is C21H15BrO4S. The van der Waals surface area contributed by atoms with Crippen LogP contribution >= 0.6 is 27.3 Å². The molecule has 4 nitrogen and oxygen atoms in total. The van der Waals surface area contributed by atoms with Gasteiger partial charge >= 0.3 is 5.97 Å². The fourth-order valence-corrected chi connectivity index (χ4v) is 3.31. The lowest BCUT2D eigenvalue weighted by molar-refractivity contribution is 0.0740. The summed E-state index contributed by atoms with van der Waals surface area (Å²) in [6.07, 6.45) is 3.19. The highest BCUT2D eigenvalue weighted by Gasteiger charge is 2.10. The quantitative estimate of drug-likeness (QED) is 0.214. The van der Waals surface area contributed by atoms with E-state index in [9.17, 15) is 9.59 Å². The Kier molecular flexibility index (Phi) is 6.21. The molecular weight excluding hydrogens is 428 g/mol. The minimum atomic E-state index is -0.411. The smallest absolute Gasteiger partial charge is 0.353 e. The van der Waals surface area contributed by atoms with E-state index in [-0.39, 0.29) is 5.78 Å². The molecule has 0 amide bonds. The maximum Gasteiger partial charge on any atom is 0.353 e. The van der Waals surface area contributed by atoms with Crippen LogP contribution in [-0.2, 0) is 0 Å². The third kappa shape index (κ3) is 4.93. The van der Waals surface area contributed by atoms with Crippen molar-refractivity contribution in [3.8, 4) is 11.5 Å². The van der Waals surface area contributed by atoms with Crippen LogP contribution in [0.5, 0.6) is 11.5 Å². The average Bonchev–Trinajstić information content (AvgIpc) is 3.22. The van der Waals surface area contributed by atoms with Gasteiger partial charge in [0.15, 0.2) is 5.78 Å². The normalized spacial score (nSPS) is 10.7. The van der Waals surface area contributed by atoms with E-state index in [4.69, 9.17) is 9.47 Å². The van der Waals surface area contributed by atoms with Crippen LogP contribution in [0.3, 0.4) is 0 Å². The lowest BCUT2D eigenvalue weighted by Gasteiger charge is -2.05. The van der Waals surface area contributed by atoms with Crippen LogP contribution in [0.1, 0.15) is 25.6 Å². The lowest BCUT2D eigenvalue weighted by Crippen LogP contribution is -2.06. The van der Waals surface area contributed by atoms with Crippen molar-refractivity contribution in [3.63, 3.8) is 0 Å². The van der Waals surface area contributed by atoms with Crippen molar-refractivity contribution in [1.29, 1.82) is 0 Å². The largest absolute Gasteiger partial charge is 0.496 e. The van der Waals surface area contributed by atoms with Crippen molar-refractivity contribution in [2.45, 2.75) is 0 Å². The number of carbonyl (C=O) groups is 2. The summed E-state index contributed by atoms with van der Waals surface area (Å²) in [5.74, 6) is 0.500. The monoisotopic (exact) mass is 442 g/mol. The molecule has 0 aliphatic carbocycles. The zero-order chi connectivity index (χ0) is 19.2. The van der Waals surface area contributed by atoms with Crippen LogP contribution in [0, 0.1) is 0 Å². The molecule has 0 N–H and O–H groups in total. The third-order valence-electron chi connectivity index (χ3n) is 3.68. The number of thiophene rings is 1. The second-order valence-corrected chi connectivity index (χ2v) is 7.34. The minimum absolute atomic E-state index is 0.159. The Labute approximate surface area is 169 Å². The first-order valence-electron chi connectivity index (χ1n) is 7.98. The zero-order valence-electron chi connectivity index (χ0n) is 14.3. The number of carbonyl (C=O) groups excluding carboxylic acids is 2. The Morgan fingerprint density at radius 2 is 1.85 bits per heavy atom. The molecule has 3 rings (SSSR count). The number of rotatable bonds is 6. The fourth-order valence-electron chi connectivity index (χ4n) is 2.34. The number of methoxy groups -OCH3 is 1. The molecule has 0 aliphatic heterocycles. The van der Waals surface area contributed by atoms with Crippen molar-refractivity contribution in [2.24, 2.45) is 0 Å². The molecule has 3 aromatic rings. The molecule has 0 radical (unpaired) electrons. The molecule has 0 unspecified atom stereocenters. The van der Waals surface area contributed by atoms with Gasteiger partial charge in [-0.1, -0.05) is 22.0 Å². The van der Waals surface area contributed by atoms with Crippen LogP contribution in [0.4, 0.5) is 0 Å². The van der Waals surface area contributed by atoms with Crippen LogP contribution in [0.15, 0.2) is 70.5 Å². The number of hydrogen-bond acceptors (Lipinski definition) is 5. The highest BCUT2D eigenvalue weighted by molar-refractivity contribution is 9.10. The van der Waals surface area contributed by atoms with Gasteiger partial charge in [0.2, 0.25) is 0 Å². The van der Waals surface area contributed by atoms with Gasteiger partial charge in [0.05, 0.1) is 7.11 Å². The molecule has 2 aromatic carbocycles. The van der Waals surface area contributed by atoms with Crippen molar-refractivity contribution in [3.05, 3.63) is 86.5 Å². The van der Waals surface area contributed by atoms with Crippen LogP contribution in [-0.4, -0.2) is 18.9 Å². The topological polar surface area (TPSA) is 52.6 Å². The van der Waals surface area contributed by atoms with E-state index in [0.717, 1.165) is 10.0 Å². The van der Waals surface area contributed by atoms with E-state index in [1.54, 1.807) is 49.6 Å². The molecule has 6 heteroatoms. The number of ether oxygens (including phenoxy) is 2. The Morgan fingerprint density at radius 3 is 2.52 bits per heavy atom. The second kappa shape index (κ2) is 8.79. The zero-order valence-corrected chi connectivity index (χ0v) is 16.7. The van der Waals surface area contributed by atoms with E-state index >= 15 is 0 Å². The summed E-state index contributed by atoms with van der Waals surface area (Å²) in [5.41, 5.74) is 1.29. The van der Waals surface area contributed by atoms with E-state index in [1.807, 2.05) is 23.6 Å². The first-order valence-corrected chi connectivity index (χ1v) is 9.66. The third-order valence-corrected chi connectivity index (χ3v) is 5.02. The molecule has 0 saturated heterocycles. The fraction of sp³-hybridized carbons (Fsp3) is 0.0476. The van der Waals surface area contributed by atoms with E-state index in [1.165, 1.54) is 17.4 Å². The number of esters is 1. The van der Waals surface area contributed by atoms with Crippen molar-refractivity contribution >= 4 is 45.1 Å². The van der Waals surface area contributed by atoms with Crippen LogP contribution in [0.2, 0.25) is 0 Å². The summed E-state index contributed by atoms with van der Waals surface area (Å²) in [6.45, 7) is 0. The van der Waals surface area contributed by atoms with Gasteiger partial charge in [0.25, 0.3) is 0 Å². The molecule has 0 bridgehead atoms. The van der Waals surface area contributed by atoms with Gasteiger partial charge in [-0.05, 0) is 66.1 Å².